The number of sulfonamides is 1. The van der Waals surface area contributed by atoms with Gasteiger partial charge in [-0.25, -0.2) is 17.5 Å². The molecule has 4 rings (SSSR count). The lowest BCUT2D eigenvalue weighted by atomic mass is 9.88. The van der Waals surface area contributed by atoms with Crippen molar-refractivity contribution in [3.63, 3.8) is 0 Å². The van der Waals surface area contributed by atoms with E-state index in [1.807, 2.05) is 0 Å². The van der Waals surface area contributed by atoms with Crippen LogP contribution in [0.4, 0.5) is 17.6 Å². The average molecular weight is 604 g/mol. The van der Waals surface area contributed by atoms with E-state index >= 15 is 4.39 Å². The van der Waals surface area contributed by atoms with Gasteiger partial charge in [-0.2, -0.15) is 13.2 Å². The highest BCUT2D eigenvalue weighted by Gasteiger charge is 2.49. The molecule has 0 radical (unpaired) electrons. The largest absolute Gasteiger partial charge is 0.396 e. The summed E-state index contributed by atoms with van der Waals surface area (Å²) in [5.74, 6) is -3.60. The number of halogens is 4. The van der Waals surface area contributed by atoms with Gasteiger partial charge in [-0.15, -0.1) is 0 Å². The first-order chi connectivity index (χ1) is 19.1. The van der Waals surface area contributed by atoms with E-state index in [4.69, 9.17) is 4.74 Å². The van der Waals surface area contributed by atoms with Gasteiger partial charge in [0.25, 0.3) is 5.91 Å². The molecule has 12 heteroatoms. The molecule has 1 aromatic rings. The second kappa shape index (κ2) is 12.2. The van der Waals surface area contributed by atoms with Gasteiger partial charge >= 0.3 is 6.18 Å². The van der Waals surface area contributed by atoms with Crippen LogP contribution in [0.15, 0.2) is 22.9 Å². The molecule has 1 amide bonds. The molecule has 1 aromatic heterocycles. The topological polar surface area (TPSA) is 89.4 Å². The quantitative estimate of drug-likeness (QED) is 0.366. The van der Waals surface area contributed by atoms with Crippen LogP contribution in [0, 0.1) is 18.8 Å². The molecule has 1 saturated heterocycles. The number of rotatable bonds is 7. The molecule has 0 bridgehead atoms. The summed E-state index contributed by atoms with van der Waals surface area (Å²) in [7, 11) is -4.64. The summed E-state index contributed by atoms with van der Waals surface area (Å²) in [5, 5.41) is 2.99. The minimum absolute atomic E-state index is 0.0907. The molecule has 1 atom stereocenters. The molecular weight excluding hydrogens is 562 g/mol. The van der Waals surface area contributed by atoms with Crippen molar-refractivity contribution in [1.82, 2.24) is 14.6 Å². The number of carbonyl (C=O) groups is 1. The van der Waals surface area contributed by atoms with E-state index < -0.39 is 44.8 Å². The van der Waals surface area contributed by atoms with Crippen LogP contribution in [-0.2, 0) is 21.3 Å². The van der Waals surface area contributed by atoms with Crippen molar-refractivity contribution >= 4 is 21.5 Å². The number of ether oxygens (including phenoxy) is 1. The van der Waals surface area contributed by atoms with Crippen molar-refractivity contribution in [2.75, 3.05) is 13.2 Å². The van der Waals surface area contributed by atoms with Crippen molar-refractivity contribution in [1.29, 1.82) is 0 Å². The predicted molar refractivity (Wildman–Crippen MR) is 149 cm³/mol. The van der Waals surface area contributed by atoms with Crippen LogP contribution in [-0.4, -0.2) is 49.9 Å². The Bertz CT molecular complexity index is 1300. The predicted octanol–water partition coefficient (Wildman–Crippen LogP) is 6.15. The third-order valence-corrected chi connectivity index (χ3v) is 10.0. The van der Waals surface area contributed by atoms with Crippen molar-refractivity contribution in [2.24, 2.45) is 11.8 Å². The molecule has 2 heterocycles. The van der Waals surface area contributed by atoms with E-state index in [1.54, 1.807) is 11.5 Å². The van der Waals surface area contributed by atoms with Gasteiger partial charge in [0.15, 0.2) is 0 Å². The van der Waals surface area contributed by atoms with E-state index in [0.717, 1.165) is 32.1 Å². The van der Waals surface area contributed by atoms with Gasteiger partial charge in [0.2, 0.25) is 10.0 Å². The van der Waals surface area contributed by atoms with Crippen LogP contribution < -0.4 is 10.0 Å². The Labute approximate surface area is 239 Å². The summed E-state index contributed by atoms with van der Waals surface area (Å²) in [6.07, 6.45) is 1.04. The third-order valence-electron chi connectivity index (χ3n) is 8.10. The number of allylic oxidation sites excluding steroid dienone is 4. The number of hydrogen-bond acceptors (Lipinski definition) is 4. The minimum Gasteiger partial charge on any atom is -0.381 e. The van der Waals surface area contributed by atoms with Crippen molar-refractivity contribution in [3.05, 3.63) is 39.8 Å². The Hall–Kier alpha value is -2.18. The highest BCUT2D eigenvalue weighted by atomic mass is 32.2. The van der Waals surface area contributed by atoms with Gasteiger partial charge in [-0.3, -0.25) is 4.79 Å². The molecule has 2 fully saturated rings. The van der Waals surface area contributed by atoms with Crippen molar-refractivity contribution < 1.29 is 35.5 Å². The zero-order chi connectivity index (χ0) is 30.2. The Morgan fingerprint density at radius 1 is 1.07 bits per heavy atom. The number of carbonyl (C=O) groups excluding carboxylic acids is 1. The van der Waals surface area contributed by atoms with Crippen LogP contribution in [0.1, 0.15) is 93.9 Å². The number of nitrogens with zero attached hydrogens (tertiary/aromatic N) is 1. The molecule has 41 heavy (non-hydrogen) atoms. The maximum Gasteiger partial charge on any atom is 0.396 e. The Kier molecular flexibility index (Phi) is 9.45. The Balaban J connectivity index is 1.79. The number of alkyl halides is 3. The zero-order valence-electron chi connectivity index (χ0n) is 24.2. The molecular formula is C29H41F4N3O4S. The lowest BCUT2D eigenvalue weighted by Crippen LogP contribution is -2.44. The second-order valence-corrected chi connectivity index (χ2v) is 14.2. The minimum atomic E-state index is -4.94. The summed E-state index contributed by atoms with van der Waals surface area (Å²) in [6.45, 7) is 7.73. The first kappa shape index (κ1) is 31.7. The van der Waals surface area contributed by atoms with Crippen molar-refractivity contribution in [2.45, 2.75) is 103 Å². The molecule has 2 aliphatic carbocycles. The van der Waals surface area contributed by atoms with Gasteiger partial charge < -0.3 is 14.6 Å². The van der Waals surface area contributed by atoms with E-state index in [1.165, 1.54) is 26.8 Å². The van der Waals surface area contributed by atoms with Crippen LogP contribution in [0.25, 0.3) is 5.57 Å². The molecule has 2 N–H and O–H groups in total. The first-order valence-electron chi connectivity index (χ1n) is 14.4. The van der Waals surface area contributed by atoms with Crippen LogP contribution in [0.2, 0.25) is 0 Å². The van der Waals surface area contributed by atoms with Crippen molar-refractivity contribution in [3.8, 4) is 0 Å². The second-order valence-electron chi connectivity index (χ2n) is 12.5. The van der Waals surface area contributed by atoms with Crippen LogP contribution in [0.3, 0.4) is 0 Å². The van der Waals surface area contributed by atoms with E-state index in [9.17, 15) is 26.4 Å². The van der Waals surface area contributed by atoms with Gasteiger partial charge in [-0.1, -0.05) is 19.3 Å². The van der Waals surface area contributed by atoms with E-state index in [-0.39, 0.29) is 34.7 Å². The van der Waals surface area contributed by atoms with E-state index in [2.05, 4.69) is 10.0 Å². The summed E-state index contributed by atoms with van der Waals surface area (Å²) in [5.41, 5.74) is -0.285. The van der Waals surface area contributed by atoms with Gasteiger partial charge in [0, 0.05) is 48.3 Å². The third kappa shape index (κ3) is 7.62. The maximum absolute atomic E-state index is 15.8. The van der Waals surface area contributed by atoms with E-state index in [0.29, 0.717) is 44.4 Å². The molecule has 3 aliphatic rings. The summed E-state index contributed by atoms with van der Waals surface area (Å²) >= 11 is 0. The molecule has 0 spiro atoms. The van der Waals surface area contributed by atoms with Gasteiger partial charge in [-0.05, 0) is 77.9 Å². The Morgan fingerprint density at radius 3 is 2.29 bits per heavy atom. The van der Waals surface area contributed by atoms with Gasteiger partial charge in [0.1, 0.15) is 5.83 Å². The smallest absolute Gasteiger partial charge is 0.381 e. The molecule has 230 valence electrons. The summed E-state index contributed by atoms with van der Waals surface area (Å²) in [6, 6.07) is 1.38. The fraction of sp³-hybridized carbons (Fsp3) is 0.690. The monoisotopic (exact) mass is 603 g/mol. The molecule has 1 aliphatic heterocycles. The number of aromatic nitrogens is 1. The number of hydrogen-bond donors (Lipinski definition) is 2. The number of amides is 1. The lowest BCUT2D eigenvalue weighted by Gasteiger charge is -2.31. The summed E-state index contributed by atoms with van der Waals surface area (Å²) in [4.78, 5) is 12.3. The molecule has 1 unspecified atom stereocenters. The molecule has 7 nitrogen and oxygen atoms in total. The van der Waals surface area contributed by atoms with Crippen LogP contribution in [0.5, 0.6) is 0 Å². The fourth-order valence-electron chi connectivity index (χ4n) is 6.04. The normalized spacial score (nSPS) is 22.1. The first-order valence-corrected chi connectivity index (χ1v) is 15.8. The highest BCUT2D eigenvalue weighted by molar-refractivity contribution is 7.93. The van der Waals surface area contributed by atoms with Gasteiger partial charge in [0.05, 0.1) is 16.4 Å². The average Bonchev–Trinajstić information content (AvgIpc) is 3.18. The lowest BCUT2D eigenvalue weighted by molar-refractivity contribution is -0.161. The van der Waals surface area contributed by atoms with Crippen LogP contribution >= 0.6 is 0 Å². The number of nitrogens with one attached hydrogen (secondary N) is 2. The SMILES string of the molecule is Cc1c(C(=O)NC2CCOCC2)cc(C2=C(F)C=C(S(=O)(=O)NC(C)(C)C)C(C(F)(F)F)C2)n1CC1CCCCC1. The molecule has 0 aromatic carbocycles. The highest BCUT2D eigenvalue weighted by Crippen LogP contribution is 2.46. The standard InChI is InChI=1S/C29H41F4N3O4S/c1-18-21(27(37)34-20-10-12-40-13-11-20)15-25(36(18)17-19-8-6-5-7-9-19)22-14-23(29(31,32)33)26(16-24(22)30)41(38,39)35-28(2,3)4/h15-16,19-20,23,35H,5-14,17H2,1-4H3,(H,34,37). The Morgan fingerprint density at radius 2 is 1.71 bits per heavy atom. The molecule has 1 saturated carbocycles. The summed E-state index contributed by atoms with van der Waals surface area (Å²) < 4.78 is 94.2. The fourth-order valence-corrected chi connectivity index (χ4v) is 7.81. The maximum atomic E-state index is 15.8. The zero-order valence-corrected chi connectivity index (χ0v) is 25.0.